The predicted octanol–water partition coefficient (Wildman–Crippen LogP) is 2.01. The molecule has 0 fully saturated rings. The molecule has 1 aromatic carbocycles. The Morgan fingerprint density at radius 1 is 1.50 bits per heavy atom. The Bertz CT molecular complexity index is 597. The van der Waals surface area contributed by atoms with Gasteiger partial charge in [-0.15, -0.1) is 10.2 Å². The number of carbonyl (C=O) groups excluding carboxylic acids is 1. The van der Waals surface area contributed by atoms with Crippen LogP contribution in [0.3, 0.4) is 0 Å². The van der Waals surface area contributed by atoms with Crippen LogP contribution in [0.2, 0.25) is 0 Å². The molecule has 0 unspecified atom stereocenters. The molecule has 1 heterocycles. The summed E-state index contributed by atoms with van der Waals surface area (Å²) in [5.41, 5.74) is 1.97. The number of anilines is 1. The van der Waals surface area contributed by atoms with Crippen LogP contribution in [0.15, 0.2) is 23.7 Å². The molecule has 8 heteroatoms. The van der Waals surface area contributed by atoms with Crippen LogP contribution < -0.4 is 5.32 Å². The molecule has 0 spiro atoms. The predicted molar refractivity (Wildman–Crippen MR) is 65.7 cm³/mol. The van der Waals surface area contributed by atoms with Crippen LogP contribution in [0.1, 0.15) is 15.9 Å². The molecule has 0 saturated heterocycles. The molecular formula is C10H8N4O3S. The Hall–Kier alpha value is -2.35. The van der Waals surface area contributed by atoms with E-state index in [2.05, 4.69) is 15.5 Å². The van der Waals surface area contributed by atoms with Gasteiger partial charge in [-0.05, 0) is 13.0 Å². The summed E-state index contributed by atoms with van der Waals surface area (Å²) in [6, 6.07) is 4.36. The number of aromatic nitrogens is 2. The standard InChI is InChI=1S/C10H8N4O3S/c1-6-7(3-2-4-8(6)14(16)17)9(15)12-10-13-11-5-18-10/h2-5H,1H3,(H,12,13,15). The maximum atomic E-state index is 11.9. The van der Waals surface area contributed by atoms with Crippen molar-refractivity contribution in [2.45, 2.75) is 6.92 Å². The first-order chi connectivity index (χ1) is 8.59. The molecule has 0 aliphatic carbocycles. The molecule has 0 atom stereocenters. The summed E-state index contributed by atoms with van der Waals surface area (Å²) in [7, 11) is 0. The largest absolute Gasteiger partial charge is 0.296 e. The van der Waals surface area contributed by atoms with Gasteiger partial charge in [0.15, 0.2) is 0 Å². The molecule has 2 rings (SSSR count). The SMILES string of the molecule is Cc1c(C(=O)Nc2nncs2)cccc1[N+](=O)[O-]. The third-order valence-electron chi connectivity index (χ3n) is 2.33. The fraction of sp³-hybridized carbons (Fsp3) is 0.100. The Kier molecular flexibility index (Phi) is 3.28. The average Bonchev–Trinajstić information content (AvgIpc) is 2.81. The summed E-state index contributed by atoms with van der Waals surface area (Å²) in [6.07, 6.45) is 0. The van der Waals surface area contributed by atoms with Gasteiger partial charge in [0.2, 0.25) is 5.13 Å². The van der Waals surface area contributed by atoms with E-state index < -0.39 is 10.8 Å². The van der Waals surface area contributed by atoms with Crippen molar-refractivity contribution >= 4 is 28.1 Å². The van der Waals surface area contributed by atoms with Crippen LogP contribution in [-0.2, 0) is 0 Å². The number of nitrogens with one attached hydrogen (secondary N) is 1. The van der Waals surface area contributed by atoms with Gasteiger partial charge in [-0.3, -0.25) is 20.2 Å². The number of nitrogens with zero attached hydrogens (tertiary/aromatic N) is 3. The fourth-order valence-electron chi connectivity index (χ4n) is 1.46. The number of carbonyl (C=O) groups is 1. The highest BCUT2D eigenvalue weighted by Gasteiger charge is 2.18. The lowest BCUT2D eigenvalue weighted by Gasteiger charge is -2.05. The zero-order chi connectivity index (χ0) is 13.1. The minimum absolute atomic E-state index is 0.0834. The van der Waals surface area contributed by atoms with Gasteiger partial charge >= 0.3 is 0 Å². The van der Waals surface area contributed by atoms with Crippen LogP contribution in [0.25, 0.3) is 0 Å². The molecular weight excluding hydrogens is 256 g/mol. The van der Waals surface area contributed by atoms with E-state index in [9.17, 15) is 14.9 Å². The lowest BCUT2D eigenvalue weighted by Crippen LogP contribution is -2.14. The lowest BCUT2D eigenvalue weighted by molar-refractivity contribution is -0.385. The van der Waals surface area contributed by atoms with Crippen LogP contribution >= 0.6 is 11.3 Å². The second-order valence-corrected chi connectivity index (χ2v) is 4.24. The molecule has 1 aromatic heterocycles. The second kappa shape index (κ2) is 4.88. The van der Waals surface area contributed by atoms with E-state index in [1.807, 2.05) is 0 Å². The summed E-state index contributed by atoms with van der Waals surface area (Å²) in [5.74, 6) is -0.437. The average molecular weight is 264 g/mol. The van der Waals surface area contributed by atoms with Gasteiger partial charge in [0.25, 0.3) is 11.6 Å². The van der Waals surface area contributed by atoms with E-state index in [-0.39, 0.29) is 11.3 Å². The molecule has 0 radical (unpaired) electrons. The van der Waals surface area contributed by atoms with E-state index in [1.54, 1.807) is 0 Å². The number of benzene rings is 1. The Balaban J connectivity index is 2.31. The van der Waals surface area contributed by atoms with E-state index >= 15 is 0 Å². The molecule has 2 aromatic rings. The van der Waals surface area contributed by atoms with Crippen LogP contribution in [-0.4, -0.2) is 21.0 Å². The first-order valence-electron chi connectivity index (χ1n) is 4.91. The Morgan fingerprint density at radius 2 is 2.28 bits per heavy atom. The molecule has 7 nitrogen and oxygen atoms in total. The highest BCUT2D eigenvalue weighted by Crippen LogP contribution is 2.22. The Morgan fingerprint density at radius 3 is 2.89 bits per heavy atom. The van der Waals surface area contributed by atoms with Gasteiger partial charge in [0.05, 0.1) is 4.92 Å². The van der Waals surface area contributed by atoms with E-state index in [0.29, 0.717) is 10.7 Å². The maximum absolute atomic E-state index is 11.9. The van der Waals surface area contributed by atoms with Crippen molar-refractivity contribution in [1.82, 2.24) is 10.2 Å². The minimum Gasteiger partial charge on any atom is -0.296 e. The number of hydrogen-bond acceptors (Lipinski definition) is 6. The molecule has 18 heavy (non-hydrogen) atoms. The van der Waals surface area contributed by atoms with Crippen molar-refractivity contribution in [3.8, 4) is 0 Å². The number of hydrogen-bond donors (Lipinski definition) is 1. The van der Waals surface area contributed by atoms with Crippen LogP contribution in [0.5, 0.6) is 0 Å². The van der Waals surface area contributed by atoms with Crippen molar-refractivity contribution in [3.05, 3.63) is 45.0 Å². The molecule has 1 N–H and O–H groups in total. The number of amides is 1. The van der Waals surface area contributed by atoms with Crippen molar-refractivity contribution in [1.29, 1.82) is 0 Å². The molecule has 0 aliphatic rings. The second-order valence-electron chi connectivity index (χ2n) is 3.40. The first kappa shape index (κ1) is 12.1. The highest BCUT2D eigenvalue weighted by atomic mass is 32.1. The van der Waals surface area contributed by atoms with Gasteiger partial charge in [-0.2, -0.15) is 0 Å². The van der Waals surface area contributed by atoms with E-state index in [1.165, 1.54) is 42.0 Å². The van der Waals surface area contributed by atoms with Gasteiger partial charge in [0, 0.05) is 17.2 Å². The monoisotopic (exact) mass is 264 g/mol. The van der Waals surface area contributed by atoms with Gasteiger partial charge in [-0.25, -0.2) is 0 Å². The Labute approximate surface area is 106 Å². The van der Waals surface area contributed by atoms with Crippen molar-refractivity contribution in [3.63, 3.8) is 0 Å². The third kappa shape index (κ3) is 2.33. The van der Waals surface area contributed by atoms with Gasteiger partial charge in [-0.1, -0.05) is 17.4 Å². The van der Waals surface area contributed by atoms with Crippen molar-refractivity contribution < 1.29 is 9.72 Å². The van der Waals surface area contributed by atoms with Gasteiger partial charge in [0.1, 0.15) is 5.51 Å². The summed E-state index contributed by atoms with van der Waals surface area (Å²) < 4.78 is 0. The maximum Gasteiger partial charge on any atom is 0.273 e. The first-order valence-corrected chi connectivity index (χ1v) is 5.79. The number of nitro groups is 1. The van der Waals surface area contributed by atoms with Crippen LogP contribution in [0.4, 0.5) is 10.8 Å². The van der Waals surface area contributed by atoms with E-state index in [4.69, 9.17) is 0 Å². The summed E-state index contributed by atoms with van der Waals surface area (Å²) >= 11 is 1.17. The molecule has 92 valence electrons. The summed E-state index contributed by atoms with van der Waals surface area (Å²) in [6.45, 7) is 1.53. The number of rotatable bonds is 3. The normalized spacial score (nSPS) is 10.1. The smallest absolute Gasteiger partial charge is 0.273 e. The molecule has 0 bridgehead atoms. The molecule has 0 aliphatic heterocycles. The summed E-state index contributed by atoms with van der Waals surface area (Å²) in [5, 5.41) is 20.9. The molecule has 1 amide bonds. The zero-order valence-corrected chi connectivity index (χ0v) is 10.1. The highest BCUT2D eigenvalue weighted by molar-refractivity contribution is 7.13. The van der Waals surface area contributed by atoms with Gasteiger partial charge < -0.3 is 0 Å². The third-order valence-corrected chi connectivity index (χ3v) is 2.93. The zero-order valence-electron chi connectivity index (χ0n) is 9.28. The quantitative estimate of drug-likeness (QED) is 0.675. The van der Waals surface area contributed by atoms with E-state index in [0.717, 1.165) is 0 Å². The van der Waals surface area contributed by atoms with Crippen molar-refractivity contribution in [2.24, 2.45) is 0 Å². The molecule has 0 saturated carbocycles. The van der Waals surface area contributed by atoms with Crippen molar-refractivity contribution in [2.75, 3.05) is 5.32 Å². The summed E-state index contributed by atoms with van der Waals surface area (Å²) in [4.78, 5) is 22.2. The number of nitro benzene ring substituents is 1. The topological polar surface area (TPSA) is 98.0 Å². The fourth-order valence-corrected chi connectivity index (χ4v) is 1.90. The lowest BCUT2D eigenvalue weighted by atomic mass is 10.1. The van der Waals surface area contributed by atoms with Crippen LogP contribution in [0, 0.1) is 17.0 Å². The minimum atomic E-state index is -0.517.